The van der Waals surface area contributed by atoms with Crippen molar-refractivity contribution < 1.29 is 85.5 Å². The van der Waals surface area contributed by atoms with Gasteiger partial charge in [0.25, 0.3) is 0 Å². The predicted octanol–water partition coefficient (Wildman–Crippen LogP) is 12.7. The van der Waals surface area contributed by atoms with Crippen molar-refractivity contribution in [3.63, 3.8) is 0 Å². The van der Waals surface area contributed by atoms with Crippen molar-refractivity contribution in [3.8, 4) is 0 Å². The van der Waals surface area contributed by atoms with Crippen LogP contribution in [0.5, 0.6) is 0 Å². The third-order valence-corrected chi connectivity index (χ3v) is 27.9. The Hall–Kier alpha value is -3.32. The van der Waals surface area contributed by atoms with E-state index in [0.29, 0.717) is 35.8 Å². The van der Waals surface area contributed by atoms with E-state index in [0.717, 1.165) is 127 Å². The molecule has 0 spiro atoms. The van der Waals surface area contributed by atoms with Gasteiger partial charge in [0.05, 0.1) is 73.9 Å². The Bertz CT molecular complexity index is 3010. The Kier molecular flexibility index (Phi) is 29.0. The number of fused-ring (bicyclic) bond motifs is 10. The molecule has 8 aliphatic carbocycles. The van der Waals surface area contributed by atoms with Crippen molar-refractivity contribution in [2.45, 2.75) is 313 Å². The van der Waals surface area contributed by atoms with E-state index in [9.17, 15) is 19.2 Å². The van der Waals surface area contributed by atoms with Gasteiger partial charge in [-0.05, 0) is 235 Å². The summed E-state index contributed by atoms with van der Waals surface area (Å²) in [7, 11) is 18.8. The number of esters is 2. The second kappa shape index (κ2) is 36.9. The summed E-state index contributed by atoms with van der Waals surface area (Å²) in [4.78, 5) is 61.0. The molecule has 594 valence electrons. The highest BCUT2D eigenvalue weighted by molar-refractivity contribution is 6.00. The summed E-state index contributed by atoms with van der Waals surface area (Å²) in [5, 5.41) is 0. The zero-order chi connectivity index (χ0) is 75.4. The fourth-order valence-electron chi connectivity index (χ4n) is 22.3. The fraction of sp³-hybridized carbons (Fsp3) is 0.859. The maximum atomic E-state index is 14.8. The SMILES string of the molecule is CC[C@H]1CCC[C@H](O[C@H]2CC[C@H](N(C)C)[C@@H](C)O2)[C@@H](C)C(=O)C2=C[C@@H]3[C@@H](C=C(C)[C@@H]4C[C@@H](O[C@@H]5C[C@@H](C)[C@H](OC)[C@@H](OC)[C@H]5OC)C[C@@H]34)[C@@H]2CC(=O)O1.CC[C@H]1CCC[C@H](O[C@H]2CC[C@H](N(C)C)[C@@H](C)O2)[C@@H](C)C(=O)C2=C[C@@H]3[C@@H](C=C[C@@H]4C[C@@H](O[C@@H]5C[C@@H](C)[C@H](OC)[C@@H](OC)[C@H]5OC)C[C@@H]34)[C@@H]2CC(=O)O1. The lowest BCUT2D eigenvalue weighted by Crippen LogP contribution is -2.56. The Morgan fingerprint density at radius 3 is 1.29 bits per heavy atom. The molecule has 4 aliphatic heterocycles. The standard InChI is InChI=1S/C43H69NO9.C42H67NO9/c1-11-27-13-12-14-36(53-39-16-15-35(44(6)7)26(5)50-39)25(4)40(46)34-21-32-30(33(34)22-38(45)52-27)17-23(2)29-19-28(20-31(29)32)51-37-18-24(3)41(47-8)43(49-10)42(37)48-9;1-10-27-12-11-13-35(52-38-17-16-34(43(5)6)25(4)49-38)24(3)39(45)33-21-31-29(32(33)22-37(44)51-27)15-14-26-19-28(20-30(26)31)50-36-18-23(2)40(46-7)42(48-9)41(36)47-8/h17,21,24-33,35-37,39,41-43H,11-16,18-20,22H2,1-10H3;14-15,21,23-32,34-36,38,40-42H,10-13,16-20,22H2,1-9H3/t24-,25-,26-,27+,28-,29+,30-,31-,32-,33+,35+,36+,37-,39+,41+,42+,43-;23-,24-,25-,26-,27+,28-,29-,30-,31-,32+,34+,35+,36-,38+,40+,41+,42-/m11/s1. The van der Waals surface area contributed by atoms with Crippen LogP contribution in [0.25, 0.3) is 0 Å². The number of nitrogens with zero attached hydrogens (tertiary/aromatic N) is 2. The maximum Gasteiger partial charge on any atom is 0.306 e. The van der Waals surface area contributed by atoms with E-state index >= 15 is 0 Å². The molecule has 34 atom stereocenters. The molecule has 105 heavy (non-hydrogen) atoms. The van der Waals surface area contributed by atoms with Gasteiger partial charge in [0.2, 0.25) is 0 Å². The van der Waals surface area contributed by atoms with E-state index in [2.05, 4.69) is 117 Å². The van der Waals surface area contributed by atoms with E-state index in [1.807, 2.05) is 13.8 Å². The summed E-state index contributed by atoms with van der Waals surface area (Å²) in [6.45, 7) is 19.1. The van der Waals surface area contributed by atoms with Crippen molar-refractivity contribution in [1.29, 1.82) is 0 Å². The second-order valence-electron chi connectivity index (χ2n) is 34.5. The van der Waals surface area contributed by atoms with Gasteiger partial charge in [0.1, 0.15) is 36.6 Å². The summed E-state index contributed by atoms with van der Waals surface area (Å²) in [6, 6.07) is 0.690. The Labute approximate surface area is 629 Å². The molecule has 0 aromatic rings. The lowest BCUT2D eigenvalue weighted by molar-refractivity contribution is -0.232. The van der Waals surface area contributed by atoms with Crippen LogP contribution in [0.15, 0.2) is 47.1 Å². The average molecular weight is 1470 g/mol. The number of hydrogen-bond donors (Lipinski definition) is 0. The first-order valence-corrected chi connectivity index (χ1v) is 41.1. The molecule has 12 aliphatic rings. The van der Waals surface area contributed by atoms with Crippen molar-refractivity contribution in [2.24, 2.45) is 82.9 Å². The molecular formula is C85H136N2O18. The van der Waals surface area contributed by atoms with Gasteiger partial charge >= 0.3 is 11.9 Å². The zero-order valence-electron chi connectivity index (χ0n) is 67.4. The molecular weight excluding hydrogens is 1340 g/mol. The van der Waals surface area contributed by atoms with Crippen LogP contribution in [0.2, 0.25) is 0 Å². The first-order chi connectivity index (χ1) is 50.3. The molecule has 8 fully saturated rings. The van der Waals surface area contributed by atoms with Crippen LogP contribution in [0.3, 0.4) is 0 Å². The largest absolute Gasteiger partial charge is 0.462 e. The van der Waals surface area contributed by atoms with E-state index in [1.165, 1.54) is 5.57 Å². The topological polar surface area (TPSA) is 204 Å². The van der Waals surface area contributed by atoms with E-state index in [-0.39, 0.29) is 206 Å². The van der Waals surface area contributed by atoms with Gasteiger partial charge in [-0.2, -0.15) is 0 Å². The van der Waals surface area contributed by atoms with Gasteiger partial charge in [-0.15, -0.1) is 0 Å². The summed E-state index contributed by atoms with van der Waals surface area (Å²) < 4.78 is 87.8. The minimum Gasteiger partial charge on any atom is -0.462 e. The molecule has 4 saturated heterocycles. The van der Waals surface area contributed by atoms with Crippen LogP contribution in [-0.4, -0.2) is 226 Å². The smallest absolute Gasteiger partial charge is 0.306 e. The third kappa shape index (κ3) is 18.3. The van der Waals surface area contributed by atoms with Crippen molar-refractivity contribution in [3.05, 3.63) is 47.1 Å². The molecule has 12 rings (SSSR count). The molecule has 0 aromatic heterocycles. The van der Waals surface area contributed by atoms with Gasteiger partial charge in [-0.1, -0.05) is 77.5 Å². The van der Waals surface area contributed by atoms with E-state index < -0.39 is 0 Å². The first-order valence-electron chi connectivity index (χ1n) is 41.1. The molecule has 0 N–H and O–H groups in total. The van der Waals surface area contributed by atoms with Gasteiger partial charge in [0, 0.05) is 78.4 Å². The number of carbonyl (C=O) groups is 4. The molecule has 4 saturated carbocycles. The minimum absolute atomic E-state index is 0.0442. The number of carbonyl (C=O) groups excluding carboxylic acids is 4. The zero-order valence-corrected chi connectivity index (χ0v) is 67.4. The third-order valence-electron chi connectivity index (χ3n) is 27.9. The summed E-state index contributed by atoms with van der Waals surface area (Å²) in [6.07, 6.45) is 24.7. The average Bonchev–Trinajstić information content (AvgIpc) is 1.59. The lowest BCUT2D eigenvalue weighted by Gasteiger charge is -2.44. The molecule has 4 heterocycles. The van der Waals surface area contributed by atoms with Crippen LogP contribution < -0.4 is 0 Å². The monoisotopic (exact) mass is 1470 g/mol. The highest BCUT2D eigenvalue weighted by Crippen LogP contribution is 2.58. The van der Waals surface area contributed by atoms with Gasteiger partial charge in [0.15, 0.2) is 24.1 Å². The van der Waals surface area contributed by atoms with Gasteiger partial charge in [-0.3, -0.25) is 19.2 Å². The fourth-order valence-corrected chi connectivity index (χ4v) is 22.3. The quantitative estimate of drug-likeness (QED) is 0.0924. The molecule has 0 radical (unpaired) electrons. The first kappa shape index (κ1) is 82.6. The Balaban J connectivity index is 0.000000210. The lowest BCUT2D eigenvalue weighted by atomic mass is 9.67. The Morgan fingerprint density at radius 1 is 0.429 bits per heavy atom. The summed E-state index contributed by atoms with van der Waals surface area (Å²) in [5.74, 6) is 1.09. The number of cyclic esters (lactones) is 2. The minimum atomic E-state index is -0.352. The Morgan fingerprint density at radius 2 is 0.857 bits per heavy atom. The second-order valence-corrected chi connectivity index (χ2v) is 34.5. The number of hydrogen-bond acceptors (Lipinski definition) is 20. The van der Waals surface area contributed by atoms with E-state index in [1.54, 1.807) is 42.7 Å². The maximum absolute atomic E-state index is 14.8. The van der Waals surface area contributed by atoms with Crippen molar-refractivity contribution in [1.82, 2.24) is 9.80 Å². The van der Waals surface area contributed by atoms with Gasteiger partial charge < -0.3 is 76.1 Å². The molecule has 0 bridgehead atoms. The number of allylic oxidation sites excluding steroid dienone is 8. The number of rotatable bonds is 18. The molecule has 0 unspecified atom stereocenters. The summed E-state index contributed by atoms with van der Waals surface area (Å²) in [5.41, 5.74) is 2.93. The number of ether oxygens (including phenoxy) is 14. The predicted molar refractivity (Wildman–Crippen MR) is 400 cm³/mol. The molecule has 20 nitrogen and oxygen atoms in total. The van der Waals surface area contributed by atoms with Crippen LogP contribution in [0.1, 0.15) is 191 Å². The van der Waals surface area contributed by atoms with Crippen LogP contribution in [-0.2, 0) is 85.5 Å². The summed E-state index contributed by atoms with van der Waals surface area (Å²) >= 11 is 0. The van der Waals surface area contributed by atoms with Crippen molar-refractivity contribution in [2.75, 3.05) is 70.8 Å². The molecule has 20 heteroatoms. The highest BCUT2D eigenvalue weighted by atomic mass is 16.7. The van der Waals surface area contributed by atoms with Crippen LogP contribution in [0, 0.1) is 82.9 Å². The van der Waals surface area contributed by atoms with Crippen LogP contribution >= 0.6 is 0 Å². The number of methoxy groups -OCH3 is 6. The normalized spacial score (nSPS) is 45.5. The number of ketones is 2. The van der Waals surface area contributed by atoms with Crippen LogP contribution in [0.4, 0.5) is 0 Å². The number of likely N-dealkylation sites (N-methyl/N-ethyl adjacent to an activating group) is 2. The molecule has 0 aromatic carbocycles. The van der Waals surface area contributed by atoms with Gasteiger partial charge in [-0.25, -0.2) is 0 Å². The number of Topliss-reactive ketones (excluding diaryl/α,β-unsaturated/α-hetero) is 2. The molecule has 0 amide bonds. The van der Waals surface area contributed by atoms with Crippen molar-refractivity contribution >= 4 is 23.5 Å². The highest BCUT2D eigenvalue weighted by Gasteiger charge is 2.56. The van der Waals surface area contributed by atoms with E-state index in [4.69, 9.17) is 66.3 Å².